The zero-order valence-corrected chi connectivity index (χ0v) is 12.0. The van der Waals surface area contributed by atoms with Crippen LogP contribution in [0.1, 0.15) is 27.2 Å². The molecule has 1 fully saturated rings. The van der Waals surface area contributed by atoms with Crippen molar-refractivity contribution in [2.45, 2.75) is 27.2 Å². The van der Waals surface area contributed by atoms with Crippen LogP contribution in [0, 0.1) is 0 Å². The first kappa shape index (κ1) is 15.3. The molecule has 0 bridgehead atoms. The van der Waals surface area contributed by atoms with Crippen LogP contribution in [0.15, 0.2) is 16.8 Å². The van der Waals surface area contributed by atoms with Crippen molar-refractivity contribution in [1.82, 2.24) is 9.80 Å². The van der Waals surface area contributed by atoms with Gasteiger partial charge in [-0.25, -0.2) is 0 Å². The van der Waals surface area contributed by atoms with E-state index in [-0.39, 0.29) is 6.61 Å². The monoisotopic (exact) mass is 253 g/mol. The van der Waals surface area contributed by atoms with Crippen LogP contribution in [0.2, 0.25) is 0 Å². The van der Waals surface area contributed by atoms with Gasteiger partial charge in [0.05, 0.1) is 6.61 Å². The molecule has 0 aliphatic carbocycles. The van der Waals surface area contributed by atoms with Gasteiger partial charge in [0.15, 0.2) is 0 Å². The highest BCUT2D eigenvalue weighted by Gasteiger charge is 2.15. The number of hydrogen-bond donors (Lipinski definition) is 1. The van der Waals surface area contributed by atoms with Crippen LogP contribution in [0.25, 0.3) is 0 Å². The Morgan fingerprint density at radius 1 is 1.17 bits per heavy atom. The third kappa shape index (κ3) is 5.76. The molecule has 0 radical (unpaired) electrons. The Morgan fingerprint density at radius 2 is 1.78 bits per heavy atom. The number of aliphatic hydroxyl groups is 1. The van der Waals surface area contributed by atoms with Crippen molar-refractivity contribution in [2.24, 2.45) is 4.99 Å². The van der Waals surface area contributed by atoms with Gasteiger partial charge < -0.3 is 5.11 Å². The van der Waals surface area contributed by atoms with Gasteiger partial charge in [0.1, 0.15) is 0 Å². The molecule has 0 aromatic carbocycles. The highest BCUT2D eigenvalue weighted by atomic mass is 16.3. The predicted octanol–water partition coefficient (Wildman–Crippen LogP) is 1.37. The summed E-state index contributed by atoms with van der Waals surface area (Å²) < 4.78 is 0. The molecule has 104 valence electrons. The minimum Gasteiger partial charge on any atom is -0.395 e. The van der Waals surface area contributed by atoms with Crippen LogP contribution in [0.4, 0.5) is 0 Å². The van der Waals surface area contributed by atoms with E-state index in [9.17, 15) is 0 Å². The first-order chi connectivity index (χ1) is 8.65. The van der Waals surface area contributed by atoms with Crippen LogP contribution >= 0.6 is 0 Å². The number of hydrogen-bond acceptors (Lipinski definition) is 4. The average molecular weight is 253 g/mol. The molecule has 1 aliphatic rings. The second kappa shape index (κ2) is 8.40. The predicted molar refractivity (Wildman–Crippen MR) is 77.1 cm³/mol. The topological polar surface area (TPSA) is 39.1 Å². The number of nitrogens with zero attached hydrogens (tertiary/aromatic N) is 3. The van der Waals surface area contributed by atoms with E-state index in [0.717, 1.165) is 45.7 Å². The molecule has 0 amide bonds. The maximum atomic E-state index is 8.90. The molecule has 0 spiro atoms. The van der Waals surface area contributed by atoms with Gasteiger partial charge in [0, 0.05) is 51.2 Å². The van der Waals surface area contributed by atoms with E-state index in [2.05, 4.69) is 35.6 Å². The van der Waals surface area contributed by atoms with Gasteiger partial charge in [-0.1, -0.05) is 6.92 Å². The number of β-amino-alcohol motifs (C(OH)–C–C–N with tert-alkyl or cyclic N) is 1. The smallest absolute Gasteiger partial charge is 0.0558 e. The van der Waals surface area contributed by atoms with Crippen molar-refractivity contribution in [2.75, 3.05) is 45.9 Å². The number of aliphatic hydroxyl groups excluding tert-OH is 1. The van der Waals surface area contributed by atoms with Crippen molar-refractivity contribution in [3.8, 4) is 0 Å². The summed E-state index contributed by atoms with van der Waals surface area (Å²) in [5, 5.41) is 8.90. The Morgan fingerprint density at radius 3 is 2.33 bits per heavy atom. The minimum atomic E-state index is 0.268. The van der Waals surface area contributed by atoms with Crippen molar-refractivity contribution in [1.29, 1.82) is 0 Å². The second-order valence-electron chi connectivity index (χ2n) is 5.03. The van der Waals surface area contributed by atoms with E-state index in [1.54, 1.807) is 0 Å². The molecule has 0 saturated carbocycles. The zero-order valence-electron chi connectivity index (χ0n) is 12.0. The quantitative estimate of drug-likeness (QED) is 0.727. The molecular formula is C14H27N3O. The molecule has 4 nitrogen and oxygen atoms in total. The Bertz CT molecular complexity index is 291. The first-order valence-corrected chi connectivity index (χ1v) is 6.90. The van der Waals surface area contributed by atoms with Crippen LogP contribution in [0.5, 0.6) is 0 Å². The molecule has 0 unspecified atom stereocenters. The Hall–Kier alpha value is -0.710. The van der Waals surface area contributed by atoms with Crippen LogP contribution in [-0.2, 0) is 0 Å². The molecular weight excluding hydrogens is 226 g/mol. The number of rotatable bonds is 6. The summed E-state index contributed by atoms with van der Waals surface area (Å²) in [6.07, 6.45) is 3.02. The first-order valence-electron chi connectivity index (χ1n) is 6.90. The van der Waals surface area contributed by atoms with Gasteiger partial charge >= 0.3 is 0 Å². The third-order valence-electron chi connectivity index (χ3n) is 3.37. The molecule has 1 rings (SSSR count). The van der Waals surface area contributed by atoms with E-state index in [0.29, 0.717) is 0 Å². The van der Waals surface area contributed by atoms with Crippen LogP contribution < -0.4 is 0 Å². The third-order valence-corrected chi connectivity index (χ3v) is 3.37. The maximum Gasteiger partial charge on any atom is 0.0558 e. The summed E-state index contributed by atoms with van der Waals surface area (Å²) in [5.41, 5.74) is 2.50. The van der Waals surface area contributed by atoms with Crippen molar-refractivity contribution < 1.29 is 5.11 Å². The lowest BCUT2D eigenvalue weighted by Gasteiger charge is -2.34. The minimum absolute atomic E-state index is 0.268. The maximum absolute atomic E-state index is 8.90. The lowest BCUT2D eigenvalue weighted by molar-refractivity contribution is 0.118. The second-order valence-corrected chi connectivity index (χ2v) is 5.03. The Labute approximate surface area is 111 Å². The van der Waals surface area contributed by atoms with E-state index in [1.807, 2.05) is 6.20 Å². The van der Waals surface area contributed by atoms with Crippen LogP contribution in [0.3, 0.4) is 0 Å². The van der Waals surface area contributed by atoms with Crippen LogP contribution in [-0.4, -0.2) is 66.5 Å². The standard InChI is InChI=1S/C14H27N3O/c1-4-14(3)15-11-13(2)12-17-7-5-16(6-8-17)9-10-18/h11,18H,4-10,12H2,1-3H3/b13-11+,15-14?. The summed E-state index contributed by atoms with van der Waals surface area (Å²) >= 11 is 0. The number of aliphatic imine (C=N–C) groups is 1. The molecule has 4 heteroatoms. The highest BCUT2D eigenvalue weighted by molar-refractivity contribution is 5.82. The molecule has 1 saturated heterocycles. The fourth-order valence-corrected chi connectivity index (χ4v) is 2.02. The van der Waals surface area contributed by atoms with Gasteiger partial charge in [0.2, 0.25) is 0 Å². The summed E-state index contributed by atoms with van der Waals surface area (Å²) in [6.45, 7) is 12.7. The largest absolute Gasteiger partial charge is 0.395 e. The van der Waals surface area contributed by atoms with Gasteiger partial charge in [-0.2, -0.15) is 0 Å². The van der Waals surface area contributed by atoms with Gasteiger partial charge in [-0.15, -0.1) is 0 Å². The fraction of sp³-hybridized carbons (Fsp3) is 0.786. The molecule has 1 N–H and O–H groups in total. The molecule has 1 heterocycles. The van der Waals surface area contributed by atoms with Crippen molar-refractivity contribution in [3.63, 3.8) is 0 Å². The van der Waals surface area contributed by atoms with Gasteiger partial charge in [-0.05, 0) is 25.8 Å². The molecule has 0 aromatic rings. The van der Waals surface area contributed by atoms with Gasteiger partial charge in [-0.3, -0.25) is 14.8 Å². The summed E-state index contributed by atoms with van der Waals surface area (Å²) in [5.74, 6) is 0. The SMILES string of the molecule is CCC(C)=N/C=C(\C)CN1CCN(CCO)CC1. The summed E-state index contributed by atoms with van der Waals surface area (Å²) in [7, 11) is 0. The molecule has 18 heavy (non-hydrogen) atoms. The summed E-state index contributed by atoms with van der Waals surface area (Å²) in [4.78, 5) is 9.21. The van der Waals surface area contributed by atoms with E-state index < -0.39 is 0 Å². The Balaban J connectivity index is 2.32. The van der Waals surface area contributed by atoms with E-state index >= 15 is 0 Å². The van der Waals surface area contributed by atoms with Crippen molar-refractivity contribution >= 4 is 5.71 Å². The molecule has 0 aromatic heterocycles. The fourth-order valence-electron chi connectivity index (χ4n) is 2.02. The normalized spacial score (nSPS) is 20.4. The summed E-state index contributed by atoms with van der Waals surface area (Å²) in [6, 6.07) is 0. The van der Waals surface area contributed by atoms with Gasteiger partial charge in [0.25, 0.3) is 0 Å². The lowest BCUT2D eigenvalue weighted by Crippen LogP contribution is -2.47. The highest BCUT2D eigenvalue weighted by Crippen LogP contribution is 2.05. The zero-order chi connectivity index (χ0) is 13.4. The van der Waals surface area contributed by atoms with E-state index in [4.69, 9.17) is 5.11 Å². The average Bonchev–Trinajstić information content (AvgIpc) is 2.38. The molecule has 1 aliphatic heterocycles. The van der Waals surface area contributed by atoms with Crippen molar-refractivity contribution in [3.05, 3.63) is 11.8 Å². The molecule has 0 atom stereocenters. The Kier molecular flexibility index (Phi) is 7.16. The van der Waals surface area contributed by atoms with E-state index in [1.165, 1.54) is 11.3 Å². The number of piperazine rings is 1. The lowest BCUT2D eigenvalue weighted by atomic mass is 10.2.